The number of para-hydroxylation sites is 4. The highest BCUT2D eigenvalue weighted by atomic mass is 79.9. The van der Waals surface area contributed by atoms with E-state index in [4.69, 9.17) is 0 Å². The van der Waals surface area contributed by atoms with Crippen molar-refractivity contribution in [2.75, 3.05) is 10.2 Å². The first-order chi connectivity index (χ1) is 58.4. The van der Waals surface area contributed by atoms with Gasteiger partial charge in [-0.2, -0.15) is 0 Å². The Morgan fingerprint density at radius 1 is 0.227 bits per heavy atom. The number of halogens is 1. The van der Waals surface area contributed by atoms with Crippen LogP contribution >= 0.6 is 15.9 Å². The van der Waals surface area contributed by atoms with E-state index >= 15 is 0 Å². The van der Waals surface area contributed by atoms with Gasteiger partial charge in [0, 0.05) is 76.5 Å². The molecule has 2 aromatic heterocycles. The number of fused-ring (bicyclic) bond motifs is 12. The van der Waals surface area contributed by atoms with Gasteiger partial charge in [0.2, 0.25) is 0 Å². The van der Waals surface area contributed by atoms with Crippen LogP contribution in [0.1, 0.15) is 49.9 Å². The van der Waals surface area contributed by atoms with Crippen molar-refractivity contribution in [1.82, 2.24) is 9.13 Å². The fourth-order valence-electron chi connectivity index (χ4n) is 18.3. The summed E-state index contributed by atoms with van der Waals surface area (Å²) >= 11 is 3.84. The highest BCUT2D eigenvalue weighted by Crippen LogP contribution is 2.54. The summed E-state index contributed by atoms with van der Waals surface area (Å²) in [7, 11) is 0. The Kier molecular flexibility index (Phi) is 19.2. The Labute approximate surface area is 704 Å². The van der Waals surface area contributed by atoms with E-state index < -0.39 is 0 Å². The molecule has 0 bridgehead atoms. The van der Waals surface area contributed by atoms with Gasteiger partial charge in [0.1, 0.15) is 0 Å². The van der Waals surface area contributed by atoms with E-state index in [0.29, 0.717) is 0 Å². The third kappa shape index (κ3) is 13.7. The number of nitrogens with one attached hydrogen (secondary N) is 1. The zero-order valence-corrected chi connectivity index (χ0v) is 68.4. The Balaban J connectivity index is 0.000000127. The van der Waals surface area contributed by atoms with Crippen LogP contribution in [0.4, 0.5) is 28.4 Å². The highest BCUT2D eigenvalue weighted by molar-refractivity contribution is 9.10. The lowest BCUT2D eigenvalue weighted by atomic mass is 9.82. The lowest BCUT2D eigenvalue weighted by Gasteiger charge is -2.30. The van der Waals surface area contributed by atoms with E-state index in [1.807, 2.05) is 12.1 Å². The number of hydrogen-bond acceptors (Lipinski definition) is 2. The molecule has 1 N–H and O–H groups in total. The molecule has 568 valence electrons. The smallest absolute Gasteiger partial charge is 0.0547 e. The van der Waals surface area contributed by atoms with Crippen molar-refractivity contribution in [3.8, 4) is 100 Å². The molecule has 0 spiro atoms. The Bertz CT molecular complexity index is 7150. The summed E-state index contributed by atoms with van der Waals surface area (Å²) in [5.74, 6) is 0. The molecule has 20 aromatic rings. The second-order valence-electron chi connectivity index (χ2n) is 32.1. The molecule has 0 saturated heterocycles. The third-order valence-corrected chi connectivity index (χ3v) is 25.0. The molecule has 2 aliphatic carbocycles. The van der Waals surface area contributed by atoms with Crippen LogP contribution in [-0.2, 0) is 10.8 Å². The molecule has 5 heteroatoms. The lowest BCUT2D eigenvalue weighted by molar-refractivity contribution is 0.660. The minimum atomic E-state index is -0.143. The normalized spacial score (nSPS) is 12.5. The van der Waals surface area contributed by atoms with E-state index in [9.17, 15) is 0 Å². The van der Waals surface area contributed by atoms with Crippen molar-refractivity contribution in [2.24, 2.45) is 0 Å². The van der Waals surface area contributed by atoms with Crippen LogP contribution in [0, 0.1) is 0 Å². The SMILES string of the molecule is Brc1cc(-c2ccccc2)ccc1-c1ccc2c3ccccc3n(-c3ccccc3)c2c1.CC1(C)c2ccccc2-c2ccc(N(c3ccc(-c4ccccc4)cc3)c3cc(-c4ccccc4)ccc3-c3ccc4c5ccccc5n(-c5ccccc5)c4c3)cc21.CC1(C)c2ccccc2-c2ccc(Nc3ccc(-c4ccccc4)cc3)cc21. The maximum Gasteiger partial charge on any atom is 0.0547 e. The molecule has 2 heterocycles. The second kappa shape index (κ2) is 31.0. The average Bonchev–Trinajstić information content (AvgIpc) is 1.60. The van der Waals surface area contributed by atoms with Gasteiger partial charge in [-0.25, -0.2) is 0 Å². The molecule has 0 aliphatic heterocycles. The number of benzene rings is 18. The number of nitrogens with zero attached hydrogens (tertiary/aromatic N) is 3. The Morgan fingerprint density at radius 3 is 1.06 bits per heavy atom. The zero-order chi connectivity index (χ0) is 80.1. The van der Waals surface area contributed by atoms with Gasteiger partial charge in [0.05, 0.1) is 27.8 Å². The van der Waals surface area contributed by atoms with Crippen molar-refractivity contribution in [2.45, 2.75) is 38.5 Å². The van der Waals surface area contributed by atoms with Gasteiger partial charge < -0.3 is 19.4 Å². The van der Waals surface area contributed by atoms with Crippen LogP contribution in [0.25, 0.3) is 144 Å². The molecule has 0 atom stereocenters. The van der Waals surface area contributed by atoms with E-state index in [0.717, 1.165) is 49.7 Å². The van der Waals surface area contributed by atoms with Crippen molar-refractivity contribution < 1.29 is 0 Å². The van der Waals surface area contributed by atoms with E-state index in [1.54, 1.807) is 0 Å². The summed E-state index contributed by atoms with van der Waals surface area (Å²) in [5, 5.41) is 8.61. The topological polar surface area (TPSA) is 25.1 Å². The average molecular weight is 1590 g/mol. The number of rotatable bonds is 13. The predicted octanol–water partition coefficient (Wildman–Crippen LogP) is 31.8. The van der Waals surface area contributed by atoms with Crippen molar-refractivity contribution in [3.05, 3.63) is 464 Å². The quantitative estimate of drug-likeness (QED) is 0.124. The largest absolute Gasteiger partial charge is 0.356 e. The summed E-state index contributed by atoms with van der Waals surface area (Å²) in [6.45, 7) is 9.36. The van der Waals surface area contributed by atoms with Gasteiger partial charge in [-0.15, -0.1) is 0 Å². The van der Waals surface area contributed by atoms with Gasteiger partial charge in [0.15, 0.2) is 0 Å². The maximum absolute atomic E-state index is 3.84. The summed E-state index contributed by atoms with van der Waals surface area (Å²) in [5.41, 5.74) is 37.9. The molecule has 0 amide bonds. The van der Waals surface area contributed by atoms with Crippen LogP contribution in [0.2, 0.25) is 0 Å². The number of anilines is 5. The van der Waals surface area contributed by atoms with Crippen LogP contribution in [0.15, 0.2) is 441 Å². The fourth-order valence-corrected chi connectivity index (χ4v) is 18.9. The van der Waals surface area contributed by atoms with Crippen LogP contribution in [-0.4, -0.2) is 9.13 Å². The van der Waals surface area contributed by atoms with E-state index in [-0.39, 0.29) is 10.8 Å². The molecule has 0 unspecified atom stereocenters. The van der Waals surface area contributed by atoms with Crippen molar-refractivity contribution in [3.63, 3.8) is 0 Å². The van der Waals surface area contributed by atoms with Crippen LogP contribution in [0.3, 0.4) is 0 Å². The van der Waals surface area contributed by atoms with Gasteiger partial charge in [0.25, 0.3) is 0 Å². The molecule has 0 fully saturated rings. The minimum Gasteiger partial charge on any atom is -0.356 e. The molecule has 2 aliphatic rings. The molecule has 119 heavy (non-hydrogen) atoms. The number of aromatic nitrogens is 2. The maximum atomic E-state index is 3.84. The van der Waals surface area contributed by atoms with Crippen LogP contribution in [0.5, 0.6) is 0 Å². The molecule has 22 rings (SSSR count). The minimum absolute atomic E-state index is 0.0286. The van der Waals surface area contributed by atoms with Crippen molar-refractivity contribution in [1.29, 1.82) is 0 Å². The first-order valence-corrected chi connectivity index (χ1v) is 41.8. The molecular weight excluding hydrogens is 1510 g/mol. The monoisotopic (exact) mass is 1590 g/mol. The fraction of sp³-hybridized carbons (Fsp3) is 0.0526. The Hall–Kier alpha value is -14.4. The first kappa shape index (κ1) is 73.5. The Morgan fingerprint density at radius 2 is 0.563 bits per heavy atom. The van der Waals surface area contributed by atoms with Gasteiger partial charge in [-0.05, 0) is 215 Å². The second-order valence-corrected chi connectivity index (χ2v) is 33.0. The number of hydrogen-bond donors (Lipinski definition) is 1. The van der Waals surface area contributed by atoms with Gasteiger partial charge >= 0.3 is 0 Å². The van der Waals surface area contributed by atoms with E-state index in [2.05, 4.69) is 488 Å². The van der Waals surface area contributed by atoms with Gasteiger partial charge in [-0.3, -0.25) is 0 Å². The van der Waals surface area contributed by atoms with Crippen LogP contribution < -0.4 is 10.2 Å². The molecule has 0 radical (unpaired) electrons. The summed E-state index contributed by atoms with van der Waals surface area (Å²) in [6, 6.07) is 158. The summed E-state index contributed by atoms with van der Waals surface area (Å²) < 4.78 is 5.87. The first-order valence-electron chi connectivity index (χ1n) is 41.0. The van der Waals surface area contributed by atoms with Gasteiger partial charge in [-0.1, -0.05) is 371 Å². The predicted molar refractivity (Wildman–Crippen MR) is 508 cm³/mol. The van der Waals surface area contributed by atoms with Crippen molar-refractivity contribution >= 4 is 88.0 Å². The summed E-state index contributed by atoms with van der Waals surface area (Å²) in [4.78, 5) is 2.48. The molecule has 4 nitrogen and oxygen atoms in total. The molecule has 18 aromatic carbocycles. The standard InChI is InChI=1S/C57H42N2.C30H20BrN.C27H23N/c1-57(2)52-24-14-12-22-48(52)49-35-32-46(38-53(49)57)58(45-30-26-41(27-31-45)39-16-6-3-7-17-39)55-36-42(40-18-8-4-9-19-40)28-33-47(55)43-29-34-51-50-23-13-15-25-54(50)59(56(51)37-43)44-20-10-5-11-21-44;31-28-19-22(21-9-3-1-4-10-21)15-17-25(28)23-16-18-27-26-13-7-8-14-29(26)32(30(27)20-23)24-11-5-2-6-12-24;1-27(2)25-11-7-6-10-23(25)24-17-16-22(18-26(24)27)28-21-14-12-20(13-15-21)19-8-4-3-5-9-19/h3-38H,1-2H3;1-20H;3-18,28H,1-2H3. The zero-order valence-electron chi connectivity index (χ0n) is 66.8. The summed E-state index contributed by atoms with van der Waals surface area (Å²) in [6.07, 6.45) is 0. The highest BCUT2D eigenvalue weighted by Gasteiger charge is 2.37. The lowest BCUT2D eigenvalue weighted by Crippen LogP contribution is -2.17. The third-order valence-electron chi connectivity index (χ3n) is 24.3. The molecule has 0 saturated carbocycles. The van der Waals surface area contributed by atoms with E-state index in [1.165, 1.54) is 149 Å². The molecular formula is C114H85BrN4.